The van der Waals surface area contributed by atoms with Crippen molar-refractivity contribution in [2.24, 2.45) is 10.8 Å². The molecular formula is C11H16O2. The zero-order valence-corrected chi connectivity index (χ0v) is 8.14. The van der Waals surface area contributed by atoms with E-state index in [1.165, 1.54) is 25.7 Å². The van der Waals surface area contributed by atoms with Crippen LogP contribution in [0.15, 0.2) is 0 Å². The van der Waals surface area contributed by atoms with E-state index in [9.17, 15) is 0 Å². The van der Waals surface area contributed by atoms with Crippen LogP contribution in [0.1, 0.15) is 32.6 Å². The lowest BCUT2D eigenvalue weighted by Crippen LogP contribution is -2.41. The van der Waals surface area contributed by atoms with Crippen molar-refractivity contribution in [2.75, 3.05) is 13.2 Å². The zero-order valence-electron chi connectivity index (χ0n) is 8.14. The third-order valence-corrected chi connectivity index (χ3v) is 5.04. The van der Waals surface area contributed by atoms with E-state index in [1.54, 1.807) is 0 Å². The molecule has 2 nitrogen and oxygen atoms in total. The Balaban J connectivity index is 1.80. The average Bonchev–Trinajstić information content (AvgIpc) is 2.95. The van der Waals surface area contributed by atoms with Gasteiger partial charge < -0.3 is 9.47 Å². The fraction of sp³-hybridized carbons (Fsp3) is 1.00. The topological polar surface area (TPSA) is 18.5 Å². The summed E-state index contributed by atoms with van der Waals surface area (Å²) in [6, 6.07) is 0. The van der Waals surface area contributed by atoms with E-state index in [0.29, 0.717) is 16.9 Å². The molecule has 0 aromatic heterocycles. The lowest BCUT2D eigenvalue weighted by atomic mass is 9.81. The second kappa shape index (κ2) is 1.70. The van der Waals surface area contributed by atoms with Gasteiger partial charge in [0.1, 0.15) is 0 Å². The van der Waals surface area contributed by atoms with Crippen molar-refractivity contribution in [2.45, 2.75) is 44.3 Å². The van der Waals surface area contributed by atoms with Crippen LogP contribution < -0.4 is 0 Å². The minimum absolute atomic E-state index is 0.0868. The Hall–Kier alpha value is -0.0800. The second-order valence-corrected chi connectivity index (χ2v) is 5.73. The maximum Gasteiger partial charge on any atom is 0.0999 e. The van der Waals surface area contributed by atoms with E-state index < -0.39 is 0 Å². The summed E-state index contributed by atoms with van der Waals surface area (Å²) in [5, 5.41) is 0. The zero-order chi connectivity index (χ0) is 8.73. The Bertz CT molecular complexity index is 278. The molecule has 0 aromatic carbocycles. The smallest absolute Gasteiger partial charge is 0.0999 e. The van der Waals surface area contributed by atoms with Crippen molar-refractivity contribution in [3.05, 3.63) is 0 Å². The van der Waals surface area contributed by atoms with E-state index in [0.717, 1.165) is 13.2 Å². The van der Waals surface area contributed by atoms with Gasteiger partial charge in [-0.1, -0.05) is 0 Å². The quantitative estimate of drug-likeness (QED) is 0.565. The molecule has 0 bridgehead atoms. The normalized spacial score (nSPS) is 52.8. The Morgan fingerprint density at radius 1 is 1.08 bits per heavy atom. The Kier molecular flexibility index (Phi) is 0.947. The van der Waals surface area contributed by atoms with Gasteiger partial charge in [0.15, 0.2) is 0 Å². The molecule has 0 radical (unpaired) electrons. The molecule has 2 heteroatoms. The number of hydrogen-bond acceptors (Lipinski definition) is 2. The lowest BCUT2D eigenvalue weighted by Gasteiger charge is -2.29. The third kappa shape index (κ3) is 0.608. The first kappa shape index (κ1) is 7.24. The molecule has 0 aromatic rings. The van der Waals surface area contributed by atoms with Gasteiger partial charge in [0.05, 0.1) is 24.9 Å². The highest BCUT2D eigenvalue weighted by Crippen LogP contribution is 2.71. The van der Waals surface area contributed by atoms with E-state index in [4.69, 9.17) is 9.47 Å². The fourth-order valence-electron chi connectivity index (χ4n) is 3.54. The van der Waals surface area contributed by atoms with Crippen LogP contribution in [0.3, 0.4) is 0 Å². The van der Waals surface area contributed by atoms with Gasteiger partial charge in [-0.15, -0.1) is 0 Å². The van der Waals surface area contributed by atoms with Crippen LogP contribution in [0.2, 0.25) is 0 Å². The van der Waals surface area contributed by atoms with Crippen molar-refractivity contribution >= 4 is 0 Å². The molecule has 72 valence electrons. The lowest BCUT2D eigenvalue weighted by molar-refractivity contribution is -0.0355. The summed E-state index contributed by atoms with van der Waals surface area (Å²) in [5.74, 6) is 0. The Morgan fingerprint density at radius 3 is 2.46 bits per heavy atom. The van der Waals surface area contributed by atoms with Gasteiger partial charge in [0, 0.05) is 10.8 Å². The van der Waals surface area contributed by atoms with Crippen molar-refractivity contribution in [3.63, 3.8) is 0 Å². The first-order valence-corrected chi connectivity index (χ1v) is 5.47. The van der Waals surface area contributed by atoms with Gasteiger partial charge in [-0.2, -0.15) is 0 Å². The van der Waals surface area contributed by atoms with Crippen LogP contribution in [0.4, 0.5) is 0 Å². The van der Waals surface area contributed by atoms with Gasteiger partial charge in [0.25, 0.3) is 0 Å². The number of hydrogen-bond donors (Lipinski definition) is 0. The first-order chi connectivity index (χ1) is 6.21. The maximum atomic E-state index is 6.09. The highest BCUT2D eigenvalue weighted by molar-refractivity contribution is 5.24. The van der Waals surface area contributed by atoms with Gasteiger partial charge in [-0.25, -0.2) is 0 Å². The monoisotopic (exact) mass is 180 g/mol. The highest BCUT2D eigenvalue weighted by Gasteiger charge is 2.75. The molecule has 2 atom stereocenters. The summed E-state index contributed by atoms with van der Waals surface area (Å²) in [5.41, 5.74) is 0.980. The molecule has 0 amide bonds. The van der Waals surface area contributed by atoms with E-state index in [1.807, 2.05) is 0 Å². The summed E-state index contributed by atoms with van der Waals surface area (Å²) in [7, 11) is 0. The minimum Gasteiger partial charge on any atom is -0.374 e. The molecular weight excluding hydrogens is 164 g/mol. The summed E-state index contributed by atoms with van der Waals surface area (Å²) in [4.78, 5) is 0. The fourth-order valence-corrected chi connectivity index (χ4v) is 3.54. The van der Waals surface area contributed by atoms with Gasteiger partial charge in [-0.05, 0) is 32.6 Å². The molecule has 2 heterocycles. The minimum atomic E-state index is 0.0868. The summed E-state index contributed by atoms with van der Waals surface area (Å²) in [6.07, 6.45) is 5.77. The largest absolute Gasteiger partial charge is 0.374 e. The molecule has 2 saturated carbocycles. The molecule has 4 fully saturated rings. The molecule has 2 aliphatic carbocycles. The predicted octanol–water partition coefficient (Wildman–Crippen LogP) is 1.73. The van der Waals surface area contributed by atoms with Crippen molar-refractivity contribution in [1.82, 2.24) is 0 Å². The summed E-state index contributed by atoms with van der Waals surface area (Å²) >= 11 is 0. The predicted molar refractivity (Wildman–Crippen MR) is 47.4 cm³/mol. The van der Waals surface area contributed by atoms with Crippen molar-refractivity contribution < 1.29 is 9.47 Å². The molecule has 2 aliphatic heterocycles. The van der Waals surface area contributed by atoms with Crippen LogP contribution in [0.25, 0.3) is 0 Å². The van der Waals surface area contributed by atoms with E-state index in [2.05, 4.69) is 6.92 Å². The van der Waals surface area contributed by atoms with Crippen LogP contribution in [-0.2, 0) is 9.47 Å². The number of rotatable bonds is 0. The highest BCUT2D eigenvalue weighted by atomic mass is 16.6. The van der Waals surface area contributed by atoms with Crippen LogP contribution >= 0.6 is 0 Å². The molecule has 4 aliphatic rings. The third-order valence-electron chi connectivity index (χ3n) is 5.04. The molecule has 4 rings (SSSR count). The average molecular weight is 180 g/mol. The summed E-state index contributed by atoms with van der Waals surface area (Å²) < 4.78 is 12.1. The first-order valence-electron chi connectivity index (χ1n) is 5.47. The molecule has 1 unspecified atom stereocenters. The van der Waals surface area contributed by atoms with E-state index >= 15 is 0 Å². The van der Waals surface area contributed by atoms with Crippen molar-refractivity contribution in [3.8, 4) is 0 Å². The maximum absolute atomic E-state index is 6.09. The Morgan fingerprint density at radius 2 is 1.85 bits per heavy atom. The van der Waals surface area contributed by atoms with Crippen LogP contribution in [0.5, 0.6) is 0 Å². The Labute approximate surface area is 78.6 Å². The summed E-state index contributed by atoms with van der Waals surface area (Å²) in [6.45, 7) is 4.23. The molecule has 2 spiro atoms. The standard InChI is InChI=1S/C11H16O2/c1-9-8(10(2-3-10)6-13-9)12-7-11(9)4-5-11/h8H,2-7H2,1H3/t8?,9-/m0/s1. The second-order valence-electron chi connectivity index (χ2n) is 5.73. The molecule has 0 N–H and O–H groups in total. The van der Waals surface area contributed by atoms with Crippen molar-refractivity contribution in [1.29, 1.82) is 0 Å². The molecule has 2 saturated heterocycles. The van der Waals surface area contributed by atoms with Gasteiger partial charge in [0.2, 0.25) is 0 Å². The van der Waals surface area contributed by atoms with E-state index in [-0.39, 0.29) is 5.60 Å². The number of ether oxygens (including phenoxy) is 2. The van der Waals surface area contributed by atoms with Crippen LogP contribution in [0, 0.1) is 10.8 Å². The van der Waals surface area contributed by atoms with Crippen LogP contribution in [-0.4, -0.2) is 24.9 Å². The number of fused-ring (bicyclic) bond motifs is 3. The molecule has 13 heavy (non-hydrogen) atoms. The van der Waals surface area contributed by atoms with Gasteiger partial charge in [-0.3, -0.25) is 0 Å². The SMILES string of the molecule is C[C@]12OCC3(CC3)C1OCC21CC1. The van der Waals surface area contributed by atoms with Gasteiger partial charge >= 0.3 is 0 Å².